The predicted molar refractivity (Wildman–Crippen MR) is 105 cm³/mol. The molecule has 0 spiro atoms. The molecule has 0 aliphatic rings. The van der Waals surface area contributed by atoms with Gasteiger partial charge < -0.3 is 9.88 Å². The Labute approximate surface area is 152 Å². The first-order chi connectivity index (χ1) is 12.8. The summed E-state index contributed by atoms with van der Waals surface area (Å²) in [5.74, 6) is -0.126. The normalized spacial score (nSPS) is 10.8. The third kappa shape index (κ3) is 2.97. The van der Waals surface area contributed by atoms with E-state index in [4.69, 9.17) is 0 Å². The first kappa shape index (κ1) is 16.1. The summed E-state index contributed by atoms with van der Waals surface area (Å²) < 4.78 is 2.08. The number of anilines is 1. The van der Waals surface area contributed by atoms with Gasteiger partial charge in [0, 0.05) is 17.8 Å². The Morgan fingerprint density at radius 3 is 2.58 bits per heavy atom. The molecule has 0 aliphatic heterocycles. The minimum atomic E-state index is -0.126. The van der Waals surface area contributed by atoms with Gasteiger partial charge >= 0.3 is 0 Å². The van der Waals surface area contributed by atoms with E-state index in [9.17, 15) is 4.79 Å². The maximum absolute atomic E-state index is 12.9. The van der Waals surface area contributed by atoms with Crippen molar-refractivity contribution in [1.29, 1.82) is 0 Å². The van der Waals surface area contributed by atoms with Crippen LogP contribution in [0.2, 0.25) is 0 Å². The number of rotatable bonds is 4. The van der Waals surface area contributed by atoms with Gasteiger partial charge in [-0.1, -0.05) is 48.5 Å². The lowest BCUT2D eigenvalue weighted by atomic mass is 9.99. The summed E-state index contributed by atoms with van der Waals surface area (Å²) in [7, 11) is 0. The molecule has 0 atom stereocenters. The van der Waals surface area contributed by atoms with Crippen molar-refractivity contribution in [3.63, 3.8) is 0 Å². The van der Waals surface area contributed by atoms with Crippen molar-refractivity contribution >= 4 is 22.6 Å². The minimum Gasteiger partial charge on any atom is -0.331 e. The zero-order valence-corrected chi connectivity index (χ0v) is 14.5. The summed E-state index contributed by atoms with van der Waals surface area (Å²) in [6.07, 6.45) is 1.82. The lowest BCUT2D eigenvalue weighted by molar-refractivity contribution is 0.102. The fourth-order valence-corrected chi connectivity index (χ4v) is 3.14. The average Bonchev–Trinajstić information content (AvgIpc) is 3.11. The van der Waals surface area contributed by atoms with Crippen LogP contribution >= 0.6 is 0 Å². The van der Waals surface area contributed by atoms with Gasteiger partial charge in [0.15, 0.2) is 0 Å². The lowest BCUT2D eigenvalue weighted by Crippen LogP contribution is -2.13. The fourth-order valence-electron chi connectivity index (χ4n) is 3.14. The second-order valence-electron chi connectivity index (χ2n) is 6.10. The number of imidazole rings is 1. The van der Waals surface area contributed by atoms with Crippen molar-refractivity contribution in [2.45, 2.75) is 13.5 Å². The Morgan fingerprint density at radius 2 is 1.77 bits per heavy atom. The molecule has 4 rings (SSSR count). The quantitative estimate of drug-likeness (QED) is 0.569. The number of aromatic nitrogens is 2. The zero-order valence-electron chi connectivity index (χ0n) is 14.5. The van der Waals surface area contributed by atoms with Gasteiger partial charge in [0.05, 0.1) is 17.4 Å². The molecule has 1 aromatic heterocycles. The second-order valence-corrected chi connectivity index (χ2v) is 6.10. The average molecular weight is 341 g/mol. The number of carbonyl (C=O) groups excluding carboxylic acids is 1. The van der Waals surface area contributed by atoms with Gasteiger partial charge in [-0.15, -0.1) is 0 Å². The highest BCUT2D eigenvalue weighted by molar-refractivity contribution is 6.09. The van der Waals surface area contributed by atoms with Crippen LogP contribution in [0.4, 0.5) is 5.69 Å². The first-order valence-corrected chi connectivity index (χ1v) is 8.67. The van der Waals surface area contributed by atoms with Crippen LogP contribution in [-0.4, -0.2) is 15.5 Å². The number of fused-ring (bicyclic) bond motifs is 1. The molecule has 26 heavy (non-hydrogen) atoms. The SMILES string of the molecule is CCn1cnc2cc(NC(=O)c3ccccc3-c3ccccc3)ccc21. The van der Waals surface area contributed by atoms with Gasteiger partial charge in [-0.3, -0.25) is 4.79 Å². The minimum absolute atomic E-state index is 0.126. The van der Waals surface area contributed by atoms with E-state index >= 15 is 0 Å². The number of amides is 1. The number of nitrogens with zero attached hydrogens (tertiary/aromatic N) is 2. The van der Waals surface area contributed by atoms with E-state index in [1.807, 2.05) is 79.1 Å². The molecule has 0 bridgehead atoms. The third-order valence-electron chi connectivity index (χ3n) is 4.48. The summed E-state index contributed by atoms with van der Waals surface area (Å²) >= 11 is 0. The molecule has 0 unspecified atom stereocenters. The van der Waals surface area contributed by atoms with Crippen molar-refractivity contribution in [1.82, 2.24) is 9.55 Å². The molecule has 0 fully saturated rings. The lowest BCUT2D eigenvalue weighted by Gasteiger charge is -2.11. The van der Waals surface area contributed by atoms with Gasteiger partial charge in [0.1, 0.15) is 0 Å². The molecule has 1 heterocycles. The van der Waals surface area contributed by atoms with E-state index in [1.54, 1.807) is 0 Å². The fraction of sp³-hybridized carbons (Fsp3) is 0.0909. The monoisotopic (exact) mass is 341 g/mol. The summed E-state index contributed by atoms with van der Waals surface area (Å²) in [5, 5.41) is 3.00. The first-order valence-electron chi connectivity index (χ1n) is 8.67. The molecule has 3 aromatic carbocycles. The van der Waals surface area contributed by atoms with Crippen molar-refractivity contribution < 1.29 is 4.79 Å². The van der Waals surface area contributed by atoms with Gasteiger partial charge in [0.25, 0.3) is 5.91 Å². The highest BCUT2D eigenvalue weighted by Crippen LogP contribution is 2.25. The molecule has 1 N–H and O–H groups in total. The molecular formula is C22H19N3O. The Balaban J connectivity index is 1.65. The van der Waals surface area contributed by atoms with Crippen molar-refractivity contribution in [3.8, 4) is 11.1 Å². The largest absolute Gasteiger partial charge is 0.331 e. The highest BCUT2D eigenvalue weighted by Gasteiger charge is 2.13. The Morgan fingerprint density at radius 1 is 1.00 bits per heavy atom. The summed E-state index contributed by atoms with van der Waals surface area (Å²) in [6.45, 7) is 2.95. The molecular weight excluding hydrogens is 322 g/mol. The number of carbonyl (C=O) groups is 1. The molecule has 0 radical (unpaired) electrons. The molecule has 4 aromatic rings. The van der Waals surface area contributed by atoms with Crippen molar-refractivity contribution in [2.75, 3.05) is 5.32 Å². The summed E-state index contributed by atoms with van der Waals surface area (Å²) in [4.78, 5) is 17.3. The van der Waals surface area contributed by atoms with E-state index in [-0.39, 0.29) is 5.91 Å². The van der Waals surface area contributed by atoms with Gasteiger partial charge in [-0.25, -0.2) is 4.98 Å². The van der Waals surface area contributed by atoms with Gasteiger partial charge in [-0.2, -0.15) is 0 Å². The van der Waals surface area contributed by atoms with Crippen molar-refractivity contribution in [3.05, 3.63) is 84.7 Å². The number of aryl methyl sites for hydroxylation is 1. The van der Waals surface area contributed by atoms with Crippen LogP contribution in [0.25, 0.3) is 22.2 Å². The van der Waals surface area contributed by atoms with Crippen LogP contribution in [0, 0.1) is 0 Å². The van der Waals surface area contributed by atoms with Crippen LogP contribution in [0.15, 0.2) is 79.1 Å². The highest BCUT2D eigenvalue weighted by atomic mass is 16.1. The molecule has 0 saturated heterocycles. The van der Waals surface area contributed by atoms with Crippen molar-refractivity contribution in [2.24, 2.45) is 0 Å². The van der Waals surface area contributed by atoms with Gasteiger partial charge in [-0.05, 0) is 42.3 Å². The number of benzene rings is 3. The number of hydrogen-bond acceptors (Lipinski definition) is 2. The second kappa shape index (κ2) is 6.84. The maximum Gasteiger partial charge on any atom is 0.256 e. The maximum atomic E-state index is 12.9. The van der Waals surface area contributed by atoms with Crippen LogP contribution < -0.4 is 5.32 Å². The van der Waals surface area contributed by atoms with E-state index < -0.39 is 0 Å². The van der Waals surface area contributed by atoms with E-state index in [2.05, 4.69) is 21.8 Å². The van der Waals surface area contributed by atoms with E-state index in [0.29, 0.717) is 5.56 Å². The van der Waals surface area contributed by atoms with Crippen LogP contribution in [-0.2, 0) is 6.54 Å². The molecule has 4 nitrogen and oxygen atoms in total. The Kier molecular flexibility index (Phi) is 4.23. The smallest absolute Gasteiger partial charge is 0.256 e. The van der Waals surface area contributed by atoms with Crippen LogP contribution in [0.1, 0.15) is 17.3 Å². The van der Waals surface area contributed by atoms with Crippen LogP contribution in [0.5, 0.6) is 0 Å². The molecule has 0 saturated carbocycles. The summed E-state index contributed by atoms with van der Waals surface area (Å²) in [6, 6.07) is 23.4. The predicted octanol–water partition coefficient (Wildman–Crippen LogP) is 4.98. The molecule has 4 heteroatoms. The number of nitrogens with one attached hydrogen (secondary N) is 1. The van der Waals surface area contributed by atoms with E-state index in [1.165, 1.54) is 0 Å². The topological polar surface area (TPSA) is 46.9 Å². The zero-order chi connectivity index (χ0) is 17.9. The van der Waals surface area contributed by atoms with Gasteiger partial charge in [0.2, 0.25) is 0 Å². The Hall–Kier alpha value is -3.40. The molecule has 1 amide bonds. The standard InChI is InChI=1S/C22H19N3O/c1-2-25-15-23-20-14-17(12-13-21(20)25)24-22(26)19-11-7-6-10-18(19)16-8-4-3-5-9-16/h3-15H,2H2,1H3,(H,24,26). The molecule has 128 valence electrons. The Bertz CT molecular complexity index is 1070. The summed E-state index contributed by atoms with van der Waals surface area (Å²) in [5.41, 5.74) is 5.28. The third-order valence-corrected chi connectivity index (χ3v) is 4.48. The van der Waals surface area contributed by atoms with Crippen LogP contribution in [0.3, 0.4) is 0 Å². The molecule has 0 aliphatic carbocycles. The number of hydrogen-bond donors (Lipinski definition) is 1. The van der Waals surface area contributed by atoms with E-state index in [0.717, 1.165) is 34.4 Å².